The molecule has 0 spiro atoms. The second-order valence-electron chi connectivity index (χ2n) is 4.26. The van der Waals surface area contributed by atoms with Crippen LogP contribution in [0.1, 0.15) is 5.56 Å². The first-order valence-electron chi connectivity index (χ1n) is 6.03. The number of halogens is 1. The number of rotatable bonds is 4. The number of hydrogen-bond acceptors (Lipinski definition) is 3. The van der Waals surface area contributed by atoms with Crippen LogP contribution in [0.2, 0.25) is 0 Å². The quantitative estimate of drug-likeness (QED) is 0.811. The van der Waals surface area contributed by atoms with Gasteiger partial charge in [0.2, 0.25) is 5.91 Å². The van der Waals surface area contributed by atoms with Gasteiger partial charge in [0.15, 0.2) is 0 Å². The van der Waals surface area contributed by atoms with Crippen LogP contribution in [0.5, 0.6) is 5.75 Å². The molecule has 0 unspecified atom stereocenters. The lowest BCUT2D eigenvalue weighted by Crippen LogP contribution is -2.14. The number of carbonyl (C=O) groups excluding carboxylic acids is 1. The Labute approximate surface area is 130 Å². The monoisotopic (exact) mass is 351 g/mol. The summed E-state index contributed by atoms with van der Waals surface area (Å²) in [6.07, 6.45) is 0. The van der Waals surface area contributed by atoms with Crippen molar-refractivity contribution >= 4 is 39.3 Å². The van der Waals surface area contributed by atoms with Gasteiger partial charge in [0, 0.05) is 15.1 Å². The van der Waals surface area contributed by atoms with Gasteiger partial charge in [-0.3, -0.25) is 4.79 Å². The summed E-state index contributed by atoms with van der Waals surface area (Å²) in [4.78, 5) is 12.6. The Morgan fingerprint density at radius 3 is 2.75 bits per heavy atom. The molecule has 2 aromatic rings. The van der Waals surface area contributed by atoms with Crippen LogP contribution in [-0.4, -0.2) is 16.8 Å². The lowest BCUT2D eigenvalue weighted by molar-refractivity contribution is -0.113. The van der Waals surface area contributed by atoms with E-state index in [9.17, 15) is 9.90 Å². The van der Waals surface area contributed by atoms with E-state index in [-0.39, 0.29) is 17.4 Å². The molecular weight excluding hydrogens is 338 g/mol. The number of anilines is 1. The number of aryl methyl sites for hydroxylation is 1. The van der Waals surface area contributed by atoms with Crippen LogP contribution >= 0.6 is 27.7 Å². The Hall–Kier alpha value is -1.46. The first-order valence-corrected chi connectivity index (χ1v) is 7.81. The van der Waals surface area contributed by atoms with Crippen LogP contribution in [0, 0.1) is 6.92 Å². The predicted molar refractivity (Wildman–Crippen MR) is 86.3 cm³/mol. The van der Waals surface area contributed by atoms with Gasteiger partial charge in [0.05, 0.1) is 5.75 Å². The van der Waals surface area contributed by atoms with E-state index in [1.807, 2.05) is 31.2 Å². The predicted octanol–water partition coefficient (Wildman–Crippen LogP) is 4.19. The maximum Gasteiger partial charge on any atom is 0.234 e. The number of phenolic OH excluding ortho intramolecular Hbond substituents is 1. The van der Waals surface area contributed by atoms with Gasteiger partial charge in [-0.05, 0) is 42.8 Å². The molecule has 20 heavy (non-hydrogen) atoms. The normalized spacial score (nSPS) is 10.3. The highest BCUT2D eigenvalue weighted by molar-refractivity contribution is 9.10. The molecule has 2 aromatic carbocycles. The molecule has 104 valence electrons. The highest BCUT2D eigenvalue weighted by atomic mass is 79.9. The van der Waals surface area contributed by atoms with Crippen molar-refractivity contribution < 1.29 is 9.90 Å². The number of amides is 1. The molecule has 5 heteroatoms. The first-order chi connectivity index (χ1) is 9.56. The zero-order valence-corrected chi connectivity index (χ0v) is 13.3. The number of aromatic hydroxyl groups is 1. The minimum atomic E-state index is -0.0938. The van der Waals surface area contributed by atoms with Gasteiger partial charge in [-0.2, -0.15) is 0 Å². The maximum absolute atomic E-state index is 11.9. The number of thioether (sulfide) groups is 1. The number of carbonyl (C=O) groups is 1. The molecular formula is C15H14BrNO2S. The van der Waals surface area contributed by atoms with Crippen molar-refractivity contribution in [2.75, 3.05) is 11.1 Å². The van der Waals surface area contributed by atoms with Crippen molar-refractivity contribution in [2.45, 2.75) is 11.8 Å². The molecule has 0 fully saturated rings. The van der Waals surface area contributed by atoms with Crippen molar-refractivity contribution in [2.24, 2.45) is 0 Å². The van der Waals surface area contributed by atoms with E-state index in [2.05, 4.69) is 21.2 Å². The van der Waals surface area contributed by atoms with Gasteiger partial charge in [-0.25, -0.2) is 0 Å². The van der Waals surface area contributed by atoms with E-state index < -0.39 is 0 Å². The first kappa shape index (κ1) is 14.9. The Kier molecular flexibility index (Phi) is 5.09. The fourth-order valence-electron chi connectivity index (χ4n) is 1.68. The second kappa shape index (κ2) is 6.81. The molecule has 0 aliphatic rings. The smallest absolute Gasteiger partial charge is 0.234 e. The summed E-state index contributed by atoms with van der Waals surface area (Å²) in [5, 5.41) is 12.5. The number of benzene rings is 2. The van der Waals surface area contributed by atoms with E-state index in [0.717, 1.165) is 15.7 Å². The van der Waals surface area contributed by atoms with Crippen LogP contribution in [0.3, 0.4) is 0 Å². The third kappa shape index (κ3) is 4.02. The van der Waals surface area contributed by atoms with Crippen molar-refractivity contribution in [1.29, 1.82) is 0 Å². The molecule has 3 nitrogen and oxygen atoms in total. The van der Waals surface area contributed by atoms with E-state index in [0.29, 0.717) is 4.90 Å². The zero-order valence-electron chi connectivity index (χ0n) is 10.9. The van der Waals surface area contributed by atoms with Gasteiger partial charge in [-0.1, -0.05) is 28.1 Å². The zero-order chi connectivity index (χ0) is 14.5. The molecule has 0 saturated carbocycles. The van der Waals surface area contributed by atoms with Gasteiger partial charge >= 0.3 is 0 Å². The third-order valence-electron chi connectivity index (χ3n) is 2.69. The summed E-state index contributed by atoms with van der Waals surface area (Å²) in [5.74, 6) is 0.362. The lowest BCUT2D eigenvalue weighted by Gasteiger charge is -2.09. The van der Waals surface area contributed by atoms with E-state index in [1.54, 1.807) is 18.2 Å². The number of nitrogens with one attached hydrogen (secondary N) is 1. The Bertz CT molecular complexity index is 631. The summed E-state index contributed by atoms with van der Waals surface area (Å²) in [7, 11) is 0. The minimum absolute atomic E-state index is 0.0938. The summed E-state index contributed by atoms with van der Waals surface area (Å²) in [6, 6.07) is 12.7. The van der Waals surface area contributed by atoms with Crippen molar-refractivity contribution in [1.82, 2.24) is 0 Å². The van der Waals surface area contributed by atoms with Gasteiger partial charge < -0.3 is 10.4 Å². The fraction of sp³-hybridized carbons (Fsp3) is 0.133. The molecule has 0 atom stereocenters. The Morgan fingerprint density at radius 2 is 2.05 bits per heavy atom. The van der Waals surface area contributed by atoms with E-state index in [4.69, 9.17) is 0 Å². The molecule has 0 aliphatic carbocycles. The summed E-state index contributed by atoms with van der Waals surface area (Å²) in [5.41, 5.74) is 1.80. The number of hydrogen-bond donors (Lipinski definition) is 2. The average Bonchev–Trinajstić information content (AvgIpc) is 2.41. The maximum atomic E-state index is 11.9. The van der Waals surface area contributed by atoms with Crippen LogP contribution in [0.25, 0.3) is 0 Å². The minimum Gasteiger partial charge on any atom is -0.507 e. The molecule has 0 saturated heterocycles. The highest BCUT2D eigenvalue weighted by Crippen LogP contribution is 2.28. The van der Waals surface area contributed by atoms with Crippen molar-refractivity contribution in [3.63, 3.8) is 0 Å². The van der Waals surface area contributed by atoms with Gasteiger partial charge in [0.1, 0.15) is 5.75 Å². The van der Waals surface area contributed by atoms with Crippen LogP contribution in [0.15, 0.2) is 51.8 Å². The van der Waals surface area contributed by atoms with Crippen LogP contribution in [0.4, 0.5) is 5.69 Å². The Morgan fingerprint density at radius 1 is 1.30 bits per heavy atom. The largest absolute Gasteiger partial charge is 0.507 e. The Balaban J connectivity index is 1.94. The SMILES string of the molecule is Cc1cc(Br)ccc1NC(=O)CSc1ccccc1O. The number of para-hydroxylation sites is 1. The van der Waals surface area contributed by atoms with Crippen molar-refractivity contribution in [3.8, 4) is 5.75 Å². The van der Waals surface area contributed by atoms with Crippen LogP contribution < -0.4 is 5.32 Å². The van der Waals surface area contributed by atoms with Crippen LogP contribution in [-0.2, 0) is 4.79 Å². The molecule has 2 N–H and O–H groups in total. The summed E-state index contributed by atoms with van der Waals surface area (Å²) >= 11 is 4.70. The standard InChI is InChI=1S/C15H14BrNO2S/c1-10-8-11(16)6-7-12(10)17-15(19)9-20-14-5-3-2-4-13(14)18/h2-8,18H,9H2,1H3,(H,17,19). The lowest BCUT2D eigenvalue weighted by atomic mass is 10.2. The molecule has 0 bridgehead atoms. The van der Waals surface area contributed by atoms with E-state index in [1.165, 1.54) is 11.8 Å². The third-order valence-corrected chi connectivity index (χ3v) is 4.24. The summed E-state index contributed by atoms with van der Waals surface area (Å²) in [6.45, 7) is 1.94. The van der Waals surface area contributed by atoms with Gasteiger partial charge in [0.25, 0.3) is 0 Å². The van der Waals surface area contributed by atoms with E-state index >= 15 is 0 Å². The average molecular weight is 352 g/mol. The fourth-order valence-corrected chi connectivity index (χ4v) is 2.90. The second-order valence-corrected chi connectivity index (χ2v) is 6.20. The molecule has 0 radical (unpaired) electrons. The van der Waals surface area contributed by atoms with Gasteiger partial charge in [-0.15, -0.1) is 11.8 Å². The number of phenols is 1. The molecule has 0 aliphatic heterocycles. The molecule has 2 rings (SSSR count). The molecule has 1 amide bonds. The molecule has 0 heterocycles. The highest BCUT2D eigenvalue weighted by Gasteiger charge is 2.07. The van der Waals surface area contributed by atoms with Crippen molar-refractivity contribution in [3.05, 3.63) is 52.5 Å². The molecule has 0 aromatic heterocycles. The topological polar surface area (TPSA) is 49.3 Å². The summed E-state index contributed by atoms with van der Waals surface area (Å²) < 4.78 is 0.983.